The predicted octanol–water partition coefficient (Wildman–Crippen LogP) is 2.31. The van der Waals surface area contributed by atoms with E-state index in [4.69, 9.17) is 11.6 Å². The zero-order valence-corrected chi connectivity index (χ0v) is 16.2. The van der Waals surface area contributed by atoms with Crippen LogP contribution in [0.4, 0.5) is 8.78 Å². The average molecular weight is 437 g/mol. The Labute approximate surface area is 161 Å². The van der Waals surface area contributed by atoms with Crippen molar-refractivity contribution in [1.29, 1.82) is 0 Å². The minimum Gasteiger partial charge on any atom is -0.207 e. The molecule has 1 fully saturated rings. The van der Waals surface area contributed by atoms with Gasteiger partial charge in [0.05, 0.1) is 4.90 Å². The zero-order valence-electron chi connectivity index (χ0n) is 13.8. The van der Waals surface area contributed by atoms with E-state index in [0.29, 0.717) is 0 Å². The number of halogens is 3. The van der Waals surface area contributed by atoms with Crippen LogP contribution < -0.4 is 0 Å². The molecule has 1 aliphatic heterocycles. The van der Waals surface area contributed by atoms with E-state index in [2.05, 4.69) is 0 Å². The van der Waals surface area contributed by atoms with E-state index in [9.17, 15) is 25.6 Å². The van der Waals surface area contributed by atoms with Crippen molar-refractivity contribution in [2.75, 3.05) is 26.2 Å². The molecule has 2 aromatic rings. The highest BCUT2D eigenvalue weighted by Crippen LogP contribution is 2.25. The van der Waals surface area contributed by atoms with Crippen LogP contribution >= 0.6 is 11.6 Å². The van der Waals surface area contributed by atoms with Gasteiger partial charge in [-0.2, -0.15) is 8.61 Å². The van der Waals surface area contributed by atoms with Crippen LogP contribution in [0.2, 0.25) is 5.02 Å². The van der Waals surface area contributed by atoms with Crippen LogP contribution in [0.3, 0.4) is 0 Å². The van der Waals surface area contributed by atoms with E-state index in [1.165, 1.54) is 18.2 Å². The molecule has 1 aliphatic rings. The van der Waals surface area contributed by atoms with Crippen LogP contribution in [-0.2, 0) is 20.0 Å². The van der Waals surface area contributed by atoms with E-state index in [1.54, 1.807) is 0 Å². The monoisotopic (exact) mass is 436 g/mol. The van der Waals surface area contributed by atoms with Gasteiger partial charge in [0, 0.05) is 31.2 Å². The average Bonchev–Trinajstić information content (AvgIpc) is 2.61. The van der Waals surface area contributed by atoms with Crippen molar-refractivity contribution in [2.24, 2.45) is 0 Å². The van der Waals surface area contributed by atoms with Crippen molar-refractivity contribution < 1.29 is 25.6 Å². The van der Waals surface area contributed by atoms with Crippen LogP contribution in [0, 0.1) is 11.6 Å². The minimum absolute atomic E-state index is 0.0671. The fraction of sp³-hybridized carbons (Fsp3) is 0.250. The molecule has 3 rings (SSSR count). The highest BCUT2D eigenvalue weighted by Gasteiger charge is 2.35. The van der Waals surface area contributed by atoms with Crippen molar-refractivity contribution in [3.8, 4) is 0 Å². The molecule has 0 unspecified atom stereocenters. The number of hydrogen-bond donors (Lipinski definition) is 0. The Morgan fingerprint density at radius 1 is 0.815 bits per heavy atom. The summed E-state index contributed by atoms with van der Waals surface area (Å²) in [4.78, 5) is -0.726. The van der Waals surface area contributed by atoms with Gasteiger partial charge in [0.1, 0.15) is 16.5 Å². The number of sulfonamides is 2. The minimum atomic E-state index is -4.13. The van der Waals surface area contributed by atoms with Crippen LogP contribution in [-0.4, -0.2) is 51.6 Å². The van der Waals surface area contributed by atoms with Crippen LogP contribution in [0.1, 0.15) is 0 Å². The van der Waals surface area contributed by atoms with Gasteiger partial charge < -0.3 is 0 Å². The lowest BCUT2D eigenvalue weighted by Gasteiger charge is -2.33. The molecule has 0 amide bonds. The molecule has 0 atom stereocenters. The summed E-state index contributed by atoms with van der Waals surface area (Å²) in [5, 5.41) is 0.0671. The Balaban J connectivity index is 1.79. The molecule has 2 aromatic carbocycles. The molecule has 0 N–H and O–H groups in total. The van der Waals surface area contributed by atoms with Crippen molar-refractivity contribution in [1.82, 2.24) is 8.61 Å². The van der Waals surface area contributed by atoms with E-state index < -0.39 is 36.6 Å². The van der Waals surface area contributed by atoms with Crippen molar-refractivity contribution in [3.05, 3.63) is 59.1 Å². The van der Waals surface area contributed by atoms with E-state index in [1.807, 2.05) is 0 Å². The van der Waals surface area contributed by atoms with Gasteiger partial charge in [0.15, 0.2) is 0 Å². The molecule has 0 aromatic heterocycles. The Hall–Kier alpha value is -1.59. The second-order valence-electron chi connectivity index (χ2n) is 5.84. The van der Waals surface area contributed by atoms with E-state index >= 15 is 0 Å². The first-order valence-electron chi connectivity index (χ1n) is 7.83. The van der Waals surface area contributed by atoms with Gasteiger partial charge in [-0.25, -0.2) is 25.6 Å². The Morgan fingerprint density at radius 3 is 1.96 bits per heavy atom. The topological polar surface area (TPSA) is 74.8 Å². The van der Waals surface area contributed by atoms with E-state index in [-0.39, 0.29) is 36.1 Å². The Morgan fingerprint density at radius 2 is 1.41 bits per heavy atom. The number of rotatable bonds is 4. The Bertz CT molecular complexity index is 1070. The van der Waals surface area contributed by atoms with Gasteiger partial charge in [0.2, 0.25) is 20.0 Å². The molecule has 0 radical (unpaired) electrons. The van der Waals surface area contributed by atoms with Crippen LogP contribution in [0.5, 0.6) is 0 Å². The lowest BCUT2D eigenvalue weighted by Crippen LogP contribution is -2.50. The number of piperazine rings is 1. The highest BCUT2D eigenvalue weighted by molar-refractivity contribution is 7.89. The smallest absolute Gasteiger partial charge is 0.207 e. The third kappa shape index (κ3) is 3.99. The Kier molecular flexibility index (Phi) is 5.55. The third-order valence-electron chi connectivity index (χ3n) is 4.14. The van der Waals surface area contributed by atoms with Crippen LogP contribution in [0.15, 0.2) is 52.3 Å². The van der Waals surface area contributed by atoms with Crippen molar-refractivity contribution in [2.45, 2.75) is 9.79 Å². The van der Waals surface area contributed by atoms with Gasteiger partial charge >= 0.3 is 0 Å². The zero-order chi connectivity index (χ0) is 19.8. The summed E-state index contributed by atoms with van der Waals surface area (Å²) in [5.74, 6) is -1.66. The summed E-state index contributed by atoms with van der Waals surface area (Å²) in [6.07, 6.45) is 0. The first kappa shape index (κ1) is 20.2. The molecule has 146 valence electrons. The largest absolute Gasteiger partial charge is 0.246 e. The fourth-order valence-corrected chi connectivity index (χ4v) is 5.83. The molecule has 0 spiro atoms. The number of hydrogen-bond acceptors (Lipinski definition) is 4. The summed E-state index contributed by atoms with van der Waals surface area (Å²) in [7, 11) is -8.08. The molecule has 0 saturated carbocycles. The van der Waals surface area contributed by atoms with Crippen molar-refractivity contribution in [3.63, 3.8) is 0 Å². The second-order valence-corrected chi connectivity index (χ2v) is 10.1. The molecule has 1 heterocycles. The maximum Gasteiger partial charge on any atom is 0.246 e. The third-order valence-corrected chi connectivity index (χ3v) is 8.20. The molecule has 27 heavy (non-hydrogen) atoms. The first-order chi connectivity index (χ1) is 12.6. The lowest BCUT2D eigenvalue weighted by atomic mass is 10.3. The predicted molar refractivity (Wildman–Crippen MR) is 95.3 cm³/mol. The molecule has 6 nitrogen and oxygen atoms in total. The fourth-order valence-electron chi connectivity index (χ4n) is 2.75. The summed E-state index contributed by atoms with van der Waals surface area (Å²) >= 11 is 5.64. The molecular formula is C16H15ClF2N2O4S2. The molecule has 11 heteroatoms. The second kappa shape index (κ2) is 7.44. The standard InChI is InChI=1S/C16H15ClF2N2O4S2/c17-12-4-5-16(15(19)10-12)27(24,25)21-8-6-20(7-9-21)26(22,23)14-3-1-2-13(18)11-14/h1-5,10-11H,6-9H2. The van der Waals surface area contributed by atoms with Gasteiger partial charge in [-0.05, 0) is 36.4 Å². The molecule has 0 aliphatic carbocycles. The summed E-state index contributed by atoms with van der Waals surface area (Å²) < 4.78 is 79.8. The lowest BCUT2D eigenvalue weighted by molar-refractivity contribution is 0.272. The molecular weight excluding hydrogens is 422 g/mol. The molecule has 1 saturated heterocycles. The highest BCUT2D eigenvalue weighted by atomic mass is 35.5. The normalized spacial score (nSPS) is 17.1. The van der Waals surface area contributed by atoms with Gasteiger partial charge in [-0.3, -0.25) is 0 Å². The van der Waals surface area contributed by atoms with Gasteiger partial charge in [0.25, 0.3) is 0 Å². The van der Waals surface area contributed by atoms with Gasteiger partial charge in [-0.1, -0.05) is 17.7 Å². The number of benzene rings is 2. The van der Waals surface area contributed by atoms with Crippen molar-refractivity contribution >= 4 is 31.6 Å². The first-order valence-corrected chi connectivity index (χ1v) is 11.1. The summed E-state index contributed by atoms with van der Waals surface area (Å²) in [6, 6.07) is 7.83. The number of nitrogens with zero attached hydrogens (tertiary/aromatic N) is 2. The maximum atomic E-state index is 14.0. The maximum absolute atomic E-state index is 14.0. The van der Waals surface area contributed by atoms with E-state index in [0.717, 1.165) is 32.9 Å². The van der Waals surface area contributed by atoms with Crippen LogP contribution in [0.25, 0.3) is 0 Å². The SMILES string of the molecule is O=S(=O)(c1cccc(F)c1)N1CCN(S(=O)(=O)c2ccc(Cl)cc2F)CC1. The van der Waals surface area contributed by atoms with Gasteiger partial charge in [-0.15, -0.1) is 0 Å². The summed E-state index contributed by atoms with van der Waals surface area (Å²) in [5.41, 5.74) is 0. The summed E-state index contributed by atoms with van der Waals surface area (Å²) in [6.45, 7) is -0.571. The quantitative estimate of drug-likeness (QED) is 0.737. The molecule has 0 bridgehead atoms.